The summed E-state index contributed by atoms with van der Waals surface area (Å²) < 4.78 is 0. The Morgan fingerprint density at radius 1 is 0.783 bits per heavy atom. The lowest BCUT2D eigenvalue weighted by Gasteiger charge is -2.40. The molecule has 0 aromatic heterocycles. The molecule has 0 aromatic rings. The topological polar surface area (TPSA) is 43.9 Å². The van der Waals surface area contributed by atoms with Crippen molar-refractivity contribution < 1.29 is 9.59 Å². The van der Waals surface area contributed by atoms with Gasteiger partial charge in [0, 0.05) is 45.2 Å². The van der Waals surface area contributed by atoms with E-state index in [-0.39, 0.29) is 17.9 Å². The van der Waals surface area contributed by atoms with Crippen LogP contribution in [0.4, 0.5) is 0 Å². The highest BCUT2D eigenvalue weighted by molar-refractivity contribution is 5.82. The van der Waals surface area contributed by atoms with Gasteiger partial charge in [0.2, 0.25) is 11.8 Å². The first-order valence-corrected chi connectivity index (χ1v) is 9.48. The van der Waals surface area contributed by atoms with Gasteiger partial charge in [0.05, 0.1) is 6.04 Å². The predicted molar refractivity (Wildman–Crippen MR) is 90.0 cm³/mol. The fourth-order valence-corrected chi connectivity index (χ4v) is 3.95. The van der Waals surface area contributed by atoms with Crippen molar-refractivity contribution in [1.82, 2.24) is 14.7 Å². The molecule has 2 saturated heterocycles. The number of piperazine rings is 1. The van der Waals surface area contributed by atoms with Crippen molar-refractivity contribution in [2.45, 2.75) is 57.9 Å². The molecule has 130 valence electrons. The minimum absolute atomic E-state index is 0.0472. The zero-order valence-corrected chi connectivity index (χ0v) is 14.5. The third-order valence-electron chi connectivity index (χ3n) is 5.90. The smallest absolute Gasteiger partial charge is 0.239 e. The van der Waals surface area contributed by atoms with E-state index in [2.05, 4.69) is 9.80 Å². The summed E-state index contributed by atoms with van der Waals surface area (Å²) >= 11 is 0. The molecule has 0 N–H and O–H groups in total. The molecule has 1 saturated carbocycles. The van der Waals surface area contributed by atoms with Crippen molar-refractivity contribution >= 4 is 11.8 Å². The van der Waals surface area contributed by atoms with E-state index < -0.39 is 0 Å². The van der Waals surface area contributed by atoms with Crippen LogP contribution in [0, 0.1) is 5.92 Å². The van der Waals surface area contributed by atoms with E-state index in [9.17, 15) is 9.59 Å². The Labute approximate surface area is 140 Å². The lowest BCUT2D eigenvalue weighted by atomic mass is 9.84. The summed E-state index contributed by atoms with van der Waals surface area (Å²) in [7, 11) is 0. The van der Waals surface area contributed by atoms with E-state index in [4.69, 9.17) is 0 Å². The number of hydrogen-bond acceptors (Lipinski definition) is 3. The minimum Gasteiger partial charge on any atom is -0.341 e. The Morgan fingerprint density at radius 2 is 1.39 bits per heavy atom. The number of rotatable bonds is 3. The van der Waals surface area contributed by atoms with E-state index in [0.717, 1.165) is 65.0 Å². The maximum absolute atomic E-state index is 12.7. The van der Waals surface area contributed by atoms with Gasteiger partial charge in [0.15, 0.2) is 0 Å². The molecule has 2 aliphatic heterocycles. The molecule has 5 heteroatoms. The molecule has 1 atom stereocenters. The van der Waals surface area contributed by atoms with Crippen LogP contribution in [0.3, 0.4) is 0 Å². The fraction of sp³-hybridized carbons (Fsp3) is 0.889. The number of nitrogens with zero attached hydrogens (tertiary/aromatic N) is 3. The van der Waals surface area contributed by atoms with E-state index in [1.807, 2.05) is 11.8 Å². The molecule has 0 radical (unpaired) electrons. The highest BCUT2D eigenvalue weighted by atomic mass is 16.2. The van der Waals surface area contributed by atoms with Crippen LogP contribution in [0.15, 0.2) is 0 Å². The van der Waals surface area contributed by atoms with Crippen molar-refractivity contribution in [2.24, 2.45) is 5.92 Å². The maximum atomic E-state index is 12.7. The monoisotopic (exact) mass is 321 g/mol. The van der Waals surface area contributed by atoms with Crippen LogP contribution in [0.5, 0.6) is 0 Å². The zero-order chi connectivity index (χ0) is 16.2. The lowest BCUT2D eigenvalue weighted by molar-refractivity contribution is -0.142. The second kappa shape index (κ2) is 7.65. The van der Waals surface area contributed by atoms with E-state index in [0.29, 0.717) is 5.91 Å². The molecule has 3 aliphatic rings. The van der Waals surface area contributed by atoms with Crippen LogP contribution >= 0.6 is 0 Å². The lowest BCUT2D eigenvalue weighted by Crippen LogP contribution is -2.56. The largest absolute Gasteiger partial charge is 0.341 e. The van der Waals surface area contributed by atoms with E-state index in [1.54, 1.807) is 0 Å². The van der Waals surface area contributed by atoms with Gasteiger partial charge < -0.3 is 9.80 Å². The molecule has 0 spiro atoms. The van der Waals surface area contributed by atoms with Gasteiger partial charge in [-0.15, -0.1) is 0 Å². The summed E-state index contributed by atoms with van der Waals surface area (Å²) in [5.74, 6) is 0.922. The average molecular weight is 321 g/mol. The highest BCUT2D eigenvalue weighted by Gasteiger charge is 2.33. The molecule has 23 heavy (non-hydrogen) atoms. The molecule has 0 bridgehead atoms. The quantitative estimate of drug-likeness (QED) is 0.795. The van der Waals surface area contributed by atoms with Crippen molar-refractivity contribution in [3.63, 3.8) is 0 Å². The molecule has 2 heterocycles. The Balaban J connectivity index is 1.48. The average Bonchev–Trinajstić information content (AvgIpc) is 2.81. The van der Waals surface area contributed by atoms with Crippen LogP contribution in [0.2, 0.25) is 0 Å². The maximum Gasteiger partial charge on any atom is 0.239 e. The number of amides is 2. The van der Waals surface area contributed by atoms with Gasteiger partial charge in [-0.1, -0.05) is 19.3 Å². The van der Waals surface area contributed by atoms with Gasteiger partial charge in [0.25, 0.3) is 0 Å². The minimum atomic E-state index is -0.0472. The number of carbonyl (C=O) groups is 2. The summed E-state index contributed by atoms with van der Waals surface area (Å²) in [4.78, 5) is 31.4. The summed E-state index contributed by atoms with van der Waals surface area (Å²) in [5.41, 5.74) is 0. The molecule has 1 aliphatic carbocycles. The van der Waals surface area contributed by atoms with E-state index >= 15 is 0 Å². The first-order chi connectivity index (χ1) is 11.2. The number of likely N-dealkylation sites (tertiary alicyclic amines) is 1. The van der Waals surface area contributed by atoms with Crippen molar-refractivity contribution in [1.29, 1.82) is 0 Å². The van der Waals surface area contributed by atoms with Crippen molar-refractivity contribution in [3.8, 4) is 0 Å². The molecule has 5 nitrogen and oxygen atoms in total. The molecule has 3 rings (SSSR count). The van der Waals surface area contributed by atoms with E-state index in [1.165, 1.54) is 19.3 Å². The van der Waals surface area contributed by atoms with Gasteiger partial charge in [-0.3, -0.25) is 14.5 Å². The Hall–Kier alpha value is -1.10. The third-order valence-corrected chi connectivity index (χ3v) is 5.90. The van der Waals surface area contributed by atoms with Crippen molar-refractivity contribution in [2.75, 3.05) is 39.3 Å². The summed E-state index contributed by atoms with van der Waals surface area (Å²) in [5, 5.41) is 0. The molecule has 3 fully saturated rings. The van der Waals surface area contributed by atoms with Gasteiger partial charge in [-0.05, 0) is 32.6 Å². The SMILES string of the molecule is CC(C(=O)N1CCCCCC1)N1CCN(C(=O)C2CCC2)CC1. The van der Waals surface area contributed by atoms with Crippen LogP contribution in [-0.4, -0.2) is 71.8 Å². The van der Waals surface area contributed by atoms with Crippen molar-refractivity contribution in [3.05, 3.63) is 0 Å². The normalized spacial score (nSPS) is 25.6. The number of hydrogen-bond donors (Lipinski definition) is 0. The molecule has 1 unspecified atom stereocenters. The molecular formula is C18H31N3O2. The summed E-state index contributed by atoms with van der Waals surface area (Å²) in [6, 6.07) is -0.0472. The molecular weight excluding hydrogens is 290 g/mol. The summed E-state index contributed by atoms with van der Waals surface area (Å²) in [6.07, 6.45) is 8.13. The van der Waals surface area contributed by atoms with Crippen LogP contribution in [0.25, 0.3) is 0 Å². The van der Waals surface area contributed by atoms with Gasteiger partial charge >= 0.3 is 0 Å². The fourth-order valence-electron chi connectivity index (χ4n) is 3.95. The first-order valence-electron chi connectivity index (χ1n) is 9.48. The van der Waals surface area contributed by atoms with Crippen LogP contribution in [-0.2, 0) is 9.59 Å². The predicted octanol–water partition coefficient (Wildman–Crippen LogP) is 1.72. The summed E-state index contributed by atoms with van der Waals surface area (Å²) in [6.45, 7) is 7.11. The standard InChI is InChI=1S/C18H31N3O2/c1-15(17(22)20-9-4-2-3-5-10-20)19-11-13-21(14-12-19)18(23)16-7-6-8-16/h15-16H,2-14H2,1H3. The molecule has 2 amide bonds. The highest BCUT2D eigenvalue weighted by Crippen LogP contribution is 2.28. The Bertz CT molecular complexity index is 420. The molecule has 0 aromatic carbocycles. The first kappa shape index (κ1) is 16.7. The Kier molecular flexibility index (Phi) is 5.57. The zero-order valence-electron chi connectivity index (χ0n) is 14.5. The van der Waals surface area contributed by atoms with Gasteiger partial charge in [-0.2, -0.15) is 0 Å². The second-order valence-electron chi connectivity index (χ2n) is 7.40. The Morgan fingerprint density at radius 3 is 1.91 bits per heavy atom. The van der Waals surface area contributed by atoms with Gasteiger partial charge in [0.1, 0.15) is 0 Å². The van der Waals surface area contributed by atoms with Crippen LogP contribution < -0.4 is 0 Å². The third kappa shape index (κ3) is 3.87. The number of carbonyl (C=O) groups excluding carboxylic acids is 2. The van der Waals surface area contributed by atoms with Gasteiger partial charge in [-0.25, -0.2) is 0 Å². The second-order valence-corrected chi connectivity index (χ2v) is 7.40. The van der Waals surface area contributed by atoms with Crippen LogP contribution in [0.1, 0.15) is 51.9 Å².